The molecule has 7 nitrogen and oxygen atoms in total. The fraction of sp³-hybridized carbons (Fsp3) is 0.154. The molecule has 0 fully saturated rings. The standard InChI is InChI=1S/C13H16N4O3S/c1-9-5-6-11(20-2)10(8-9)17-21(18,19)12-4-3-7-15-13(12)16-14/h3-8,17H,14H2,1-2H3,(H,15,16). The molecular formula is C13H16N4O3S. The van der Waals surface area contributed by atoms with Crippen molar-refractivity contribution in [2.45, 2.75) is 11.8 Å². The average Bonchev–Trinajstić information content (AvgIpc) is 2.47. The van der Waals surface area contributed by atoms with Crippen LogP contribution in [-0.2, 0) is 10.0 Å². The summed E-state index contributed by atoms with van der Waals surface area (Å²) in [6.45, 7) is 1.86. The highest BCUT2D eigenvalue weighted by Crippen LogP contribution is 2.29. The summed E-state index contributed by atoms with van der Waals surface area (Å²) in [7, 11) is -2.37. The van der Waals surface area contributed by atoms with Gasteiger partial charge in [0.1, 0.15) is 10.6 Å². The lowest BCUT2D eigenvalue weighted by Crippen LogP contribution is -2.18. The van der Waals surface area contributed by atoms with Crippen molar-refractivity contribution in [3.05, 3.63) is 42.1 Å². The summed E-state index contributed by atoms with van der Waals surface area (Å²) >= 11 is 0. The third kappa shape index (κ3) is 3.23. The number of hydrogen-bond donors (Lipinski definition) is 3. The minimum absolute atomic E-state index is 0.0453. The first-order valence-corrected chi connectivity index (χ1v) is 7.55. The predicted molar refractivity (Wildman–Crippen MR) is 80.6 cm³/mol. The molecule has 0 amide bonds. The van der Waals surface area contributed by atoms with Gasteiger partial charge in [0, 0.05) is 6.20 Å². The fourth-order valence-electron chi connectivity index (χ4n) is 1.82. The highest BCUT2D eigenvalue weighted by Gasteiger charge is 2.20. The highest BCUT2D eigenvalue weighted by atomic mass is 32.2. The van der Waals surface area contributed by atoms with Crippen LogP contribution in [0.5, 0.6) is 5.75 Å². The number of aryl methyl sites for hydroxylation is 1. The quantitative estimate of drug-likeness (QED) is 0.570. The van der Waals surface area contributed by atoms with E-state index in [4.69, 9.17) is 10.6 Å². The smallest absolute Gasteiger partial charge is 0.265 e. The first-order valence-electron chi connectivity index (χ1n) is 6.07. The van der Waals surface area contributed by atoms with E-state index in [1.54, 1.807) is 12.1 Å². The van der Waals surface area contributed by atoms with Crippen molar-refractivity contribution in [2.75, 3.05) is 17.3 Å². The summed E-state index contributed by atoms with van der Waals surface area (Å²) in [4.78, 5) is 3.83. The molecule has 21 heavy (non-hydrogen) atoms. The van der Waals surface area contributed by atoms with Crippen molar-refractivity contribution in [1.82, 2.24) is 4.98 Å². The molecule has 1 aromatic carbocycles. The number of nitrogens with zero attached hydrogens (tertiary/aromatic N) is 1. The maximum atomic E-state index is 12.5. The van der Waals surface area contributed by atoms with E-state index in [0.29, 0.717) is 11.4 Å². The average molecular weight is 308 g/mol. The van der Waals surface area contributed by atoms with Crippen molar-refractivity contribution in [1.29, 1.82) is 0 Å². The second kappa shape index (κ2) is 5.98. The molecule has 0 spiro atoms. The van der Waals surface area contributed by atoms with E-state index in [2.05, 4.69) is 15.1 Å². The third-order valence-electron chi connectivity index (χ3n) is 2.80. The normalized spacial score (nSPS) is 11.0. The number of nitrogen functional groups attached to an aromatic ring is 1. The number of methoxy groups -OCH3 is 1. The Kier molecular flexibility index (Phi) is 4.29. The topological polar surface area (TPSA) is 106 Å². The van der Waals surface area contributed by atoms with Gasteiger partial charge in [0.05, 0.1) is 12.8 Å². The molecule has 2 aromatic rings. The number of hydrogen-bond acceptors (Lipinski definition) is 6. The number of anilines is 2. The van der Waals surface area contributed by atoms with Crippen LogP contribution in [0, 0.1) is 6.92 Å². The van der Waals surface area contributed by atoms with Crippen LogP contribution in [0.3, 0.4) is 0 Å². The number of nitrogens with one attached hydrogen (secondary N) is 2. The summed E-state index contributed by atoms with van der Waals surface area (Å²) < 4.78 is 32.6. The number of ether oxygens (including phenoxy) is 1. The zero-order valence-electron chi connectivity index (χ0n) is 11.6. The Bertz CT molecular complexity index is 747. The van der Waals surface area contributed by atoms with Crippen LogP contribution in [-0.4, -0.2) is 20.5 Å². The van der Waals surface area contributed by atoms with Gasteiger partial charge in [-0.3, -0.25) is 4.72 Å². The van der Waals surface area contributed by atoms with Gasteiger partial charge in [-0.25, -0.2) is 19.2 Å². The number of aromatic nitrogens is 1. The van der Waals surface area contributed by atoms with Crippen molar-refractivity contribution >= 4 is 21.5 Å². The minimum atomic E-state index is -3.84. The van der Waals surface area contributed by atoms with Gasteiger partial charge >= 0.3 is 0 Å². The summed E-state index contributed by atoms with van der Waals surface area (Å²) in [5.74, 6) is 5.78. The van der Waals surface area contributed by atoms with Crippen molar-refractivity contribution in [3.8, 4) is 5.75 Å². The number of rotatable bonds is 5. The van der Waals surface area contributed by atoms with E-state index >= 15 is 0 Å². The van der Waals surface area contributed by atoms with Crippen molar-refractivity contribution in [2.24, 2.45) is 5.84 Å². The van der Waals surface area contributed by atoms with Crippen molar-refractivity contribution in [3.63, 3.8) is 0 Å². The molecule has 4 N–H and O–H groups in total. The monoisotopic (exact) mass is 308 g/mol. The van der Waals surface area contributed by atoms with E-state index in [1.807, 2.05) is 13.0 Å². The van der Waals surface area contributed by atoms with Gasteiger partial charge in [0.2, 0.25) is 0 Å². The van der Waals surface area contributed by atoms with Gasteiger partial charge in [-0.05, 0) is 36.8 Å². The molecule has 1 aromatic heterocycles. The van der Waals surface area contributed by atoms with Crippen LogP contribution in [0.4, 0.5) is 11.5 Å². The fourth-order valence-corrected chi connectivity index (χ4v) is 3.00. The second-order valence-electron chi connectivity index (χ2n) is 4.30. The van der Waals surface area contributed by atoms with E-state index < -0.39 is 10.0 Å². The largest absolute Gasteiger partial charge is 0.495 e. The van der Waals surface area contributed by atoms with Crippen LogP contribution in [0.1, 0.15) is 5.56 Å². The first-order chi connectivity index (χ1) is 9.97. The Morgan fingerprint density at radius 3 is 2.71 bits per heavy atom. The summed E-state index contributed by atoms with van der Waals surface area (Å²) in [5, 5.41) is 0. The molecule has 0 saturated carbocycles. The summed E-state index contributed by atoms with van der Waals surface area (Å²) in [5.41, 5.74) is 3.52. The highest BCUT2D eigenvalue weighted by molar-refractivity contribution is 7.92. The summed E-state index contributed by atoms with van der Waals surface area (Å²) in [6, 6.07) is 8.13. The molecular weight excluding hydrogens is 292 g/mol. The van der Waals surface area contributed by atoms with E-state index in [-0.39, 0.29) is 10.7 Å². The van der Waals surface area contributed by atoms with Gasteiger partial charge in [0.25, 0.3) is 10.0 Å². The molecule has 0 atom stereocenters. The zero-order valence-corrected chi connectivity index (χ0v) is 12.4. The maximum Gasteiger partial charge on any atom is 0.265 e. The minimum Gasteiger partial charge on any atom is -0.495 e. The first kappa shape index (κ1) is 15.1. The van der Waals surface area contributed by atoms with Crippen LogP contribution in [0.15, 0.2) is 41.4 Å². The lowest BCUT2D eigenvalue weighted by molar-refractivity contribution is 0.417. The number of nitrogens with two attached hydrogens (primary N) is 1. The molecule has 112 valence electrons. The molecule has 0 radical (unpaired) electrons. The number of sulfonamides is 1. The Morgan fingerprint density at radius 2 is 2.05 bits per heavy atom. The van der Waals surface area contributed by atoms with Crippen LogP contribution < -0.4 is 20.7 Å². The molecule has 0 aliphatic carbocycles. The maximum absolute atomic E-state index is 12.5. The Hall–Kier alpha value is -2.32. The number of benzene rings is 1. The Labute approximate surface area is 123 Å². The number of pyridine rings is 1. The second-order valence-corrected chi connectivity index (χ2v) is 5.95. The lowest BCUT2D eigenvalue weighted by atomic mass is 10.2. The van der Waals surface area contributed by atoms with Gasteiger partial charge in [0.15, 0.2) is 5.82 Å². The van der Waals surface area contributed by atoms with Gasteiger partial charge in [-0.1, -0.05) is 6.07 Å². The molecule has 0 aliphatic heterocycles. The molecule has 0 aliphatic rings. The van der Waals surface area contributed by atoms with Crippen LogP contribution in [0.25, 0.3) is 0 Å². The molecule has 0 unspecified atom stereocenters. The van der Waals surface area contributed by atoms with E-state index in [0.717, 1.165) is 5.56 Å². The SMILES string of the molecule is COc1ccc(C)cc1NS(=O)(=O)c1cccnc1NN. The summed E-state index contributed by atoms with van der Waals surface area (Å²) in [6.07, 6.45) is 1.45. The third-order valence-corrected chi connectivity index (χ3v) is 4.19. The van der Waals surface area contributed by atoms with Crippen LogP contribution >= 0.6 is 0 Å². The molecule has 0 bridgehead atoms. The zero-order chi connectivity index (χ0) is 15.5. The Morgan fingerprint density at radius 1 is 1.29 bits per heavy atom. The number of hydrazine groups is 1. The molecule has 8 heteroatoms. The molecule has 2 rings (SSSR count). The van der Waals surface area contributed by atoms with Crippen molar-refractivity contribution < 1.29 is 13.2 Å². The molecule has 1 heterocycles. The lowest BCUT2D eigenvalue weighted by Gasteiger charge is -2.14. The Balaban J connectivity index is 2.45. The van der Waals surface area contributed by atoms with E-state index in [9.17, 15) is 8.42 Å². The predicted octanol–water partition coefficient (Wildman–Crippen LogP) is 1.49. The van der Waals surface area contributed by atoms with Crippen LogP contribution in [0.2, 0.25) is 0 Å². The van der Waals surface area contributed by atoms with E-state index in [1.165, 1.54) is 25.4 Å². The van der Waals surface area contributed by atoms with Gasteiger partial charge in [-0.2, -0.15) is 0 Å². The van der Waals surface area contributed by atoms with Gasteiger partial charge in [-0.15, -0.1) is 0 Å². The molecule has 0 saturated heterocycles. The van der Waals surface area contributed by atoms with Gasteiger partial charge < -0.3 is 10.2 Å².